The summed E-state index contributed by atoms with van der Waals surface area (Å²) in [6.07, 6.45) is 2.37. The molecule has 0 bridgehead atoms. The first-order valence-electron chi connectivity index (χ1n) is 6.70. The van der Waals surface area contributed by atoms with E-state index in [-0.39, 0.29) is 18.3 Å². The van der Waals surface area contributed by atoms with Crippen LogP contribution in [0, 0.1) is 0 Å². The number of hydrogen-bond acceptors (Lipinski definition) is 5. The van der Waals surface area contributed by atoms with Gasteiger partial charge >= 0.3 is 5.97 Å². The van der Waals surface area contributed by atoms with E-state index in [9.17, 15) is 9.59 Å². The lowest BCUT2D eigenvalue weighted by molar-refractivity contribution is -0.141. The number of esters is 1. The minimum absolute atomic E-state index is 0.208. The van der Waals surface area contributed by atoms with Crippen molar-refractivity contribution in [3.05, 3.63) is 38.7 Å². The van der Waals surface area contributed by atoms with Crippen molar-refractivity contribution in [2.75, 3.05) is 13.7 Å². The predicted molar refractivity (Wildman–Crippen MR) is 97.6 cm³/mol. The topological polar surface area (TPSA) is 46.6 Å². The minimum Gasteiger partial charge on any atom is -0.469 e. The largest absolute Gasteiger partial charge is 0.469 e. The van der Waals surface area contributed by atoms with E-state index in [1.54, 1.807) is 24.3 Å². The van der Waals surface area contributed by atoms with Crippen LogP contribution in [0.5, 0.6) is 0 Å². The lowest BCUT2D eigenvalue weighted by Crippen LogP contribution is -2.29. The molecule has 2 rings (SSSR count). The zero-order valence-electron chi connectivity index (χ0n) is 12.2. The molecule has 0 N–H and O–H groups in total. The summed E-state index contributed by atoms with van der Waals surface area (Å²) in [5.74, 6) is -0.519. The van der Waals surface area contributed by atoms with Crippen LogP contribution in [0.15, 0.2) is 23.1 Å². The van der Waals surface area contributed by atoms with Gasteiger partial charge < -0.3 is 4.74 Å². The minimum atomic E-state index is -0.311. The molecule has 0 spiro atoms. The van der Waals surface area contributed by atoms with Gasteiger partial charge in [0.25, 0.3) is 5.91 Å². The van der Waals surface area contributed by atoms with Crippen LogP contribution in [-0.4, -0.2) is 34.8 Å². The first kappa shape index (κ1) is 18.3. The Labute approximate surface area is 153 Å². The second kappa shape index (κ2) is 8.15. The van der Waals surface area contributed by atoms with E-state index in [2.05, 4.69) is 4.74 Å². The van der Waals surface area contributed by atoms with Crippen molar-refractivity contribution in [2.24, 2.45) is 0 Å². The molecular weight excluding hydrogens is 377 g/mol. The molecule has 0 atom stereocenters. The normalized spacial score (nSPS) is 16.3. The highest BCUT2D eigenvalue weighted by Crippen LogP contribution is 2.35. The van der Waals surface area contributed by atoms with Crippen molar-refractivity contribution >= 4 is 69.5 Å². The number of carbonyl (C=O) groups is 2. The van der Waals surface area contributed by atoms with Gasteiger partial charge in [0.2, 0.25) is 0 Å². The lowest BCUT2D eigenvalue weighted by atomic mass is 10.2. The van der Waals surface area contributed by atoms with E-state index >= 15 is 0 Å². The standard InChI is InChI=1S/C15H13Cl2NO3S2/c1-21-13(19)6-3-7-18-14(20)12(23-15(18)22)8-9-10(16)4-2-5-11(9)17/h2,4-5,8H,3,6-7H2,1H3/b12-8-. The molecule has 1 heterocycles. The molecule has 1 aliphatic rings. The van der Waals surface area contributed by atoms with Crippen molar-refractivity contribution in [1.29, 1.82) is 0 Å². The molecular formula is C15H13Cl2NO3S2. The number of rotatable bonds is 5. The summed E-state index contributed by atoms with van der Waals surface area (Å²) in [5, 5.41) is 0.932. The van der Waals surface area contributed by atoms with Crippen LogP contribution in [0.4, 0.5) is 0 Å². The average molecular weight is 390 g/mol. The fraction of sp³-hybridized carbons (Fsp3) is 0.267. The first-order valence-corrected chi connectivity index (χ1v) is 8.68. The number of thioether (sulfide) groups is 1. The van der Waals surface area contributed by atoms with E-state index in [0.717, 1.165) is 0 Å². The van der Waals surface area contributed by atoms with Crippen LogP contribution in [-0.2, 0) is 14.3 Å². The van der Waals surface area contributed by atoms with Crippen LogP contribution >= 0.6 is 47.2 Å². The van der Waals surface area contributed by atoms with Gasteiger partial charge in [-0.3, -0.25) is 14.5 Å². The van der Waals surface area contributed by atoms with Gasteiger partial charge in [0.1, 0.15) is 4.32 Å². The number of methoxy groups -OCH3 is 1. The summed E-state index contributed by atoms with van der Waals surface area (Å²) in [6, 6.07) is 5.15. The van der Waals surface area contributed by atoms with Crippen molar-refractivity contribution in [3.8, 4) is 0 Å². The number of amides is 1. The van der Waals surface area contributed by atoms with Gasteiger partial charge in [0.15, 0.2) is 0 Å². The third kappa shape index (κ3) is 4.47. The molecule has 1 aromatic rings. The van der Waals surface area contributed by atoms with E-state index in [0.29, 0.717) is 37.8 Å². The maximum absolute atomic E-state index is 12.4. The summed E-state index contributed by atoms with van der Waals surface area (Å²) >= 11 is 18.7. The molecule has 0 radical (unpaired) electrons. The number of nitrogens with zero attached hydrogens (tertiary/aromatic N) is 1. The SMILES string of the molecule is COC(=O)CCCN1C(=O)/C(=C/c2c(Cl)cccc2Cl)SC1=S. The Kier molecular flexibility index (Phi) is 6.47. The number of hydrogen-bond donors (Lipinski definition) is 0. The Morgan fingerprint density at radius 2 is 2.04 bits per heavy atom. The highest BCUT2D eigenvalue weighted by atomic mass is 35.5. The van der Waals surface area contributed by atoms with Gasteiger partial charge in [-0.1, -0.05) is 53.2 Å². The summed E-state index contributed by atoms with van der Waals surface area (Å²) < 4.78 is 5.03. The Hall–Kier alpha value is -1.08. The number of halogens is 2. The van der Waals surface area contributed by atoms with Gasteiger partial charge in [-0.15, -0.1) is 0 Å². The summed E-state index contributed by atoms with van der Waals surface area (Å²) in [4.78, 5) is 25.5. The molecule has 122 valence electrons. The maximum atomic E-state index is 12.4. The summed E-state index contributed by atoms with van der Waals surface area (Å²) in [7, 11) is 1.33. The molecule has 1 saturated heterocycles. The molecule has 0 saturated carbocycles. The number of thiocarbonyl (C=S) groups is 1. The molecule has 23 heavy (non-hydrogen) atoms. The Balaban J connectivity index is 2.12. The molecule has 1 aromatic carbocycles. The molecule has 1 fully saturated rings. The predicted octanol–water partition coefficient (Wildman–Crippen LogP) is 4.15. The second-order valence-corrected chi connectivity index (χ2v) is 7.14. The van der Waals surface area contributed by atoms with Crippen molar-refractivity contribution in [3.63, 3.8) is 0 Å². The molecule has 1 aliphatic heterocycles. The van der Waals surface area contributed by atoms with E-state index in [1.165, 1.54) is 23.8 Å². The van der Waals surface area contributed by atoms with Crippen molar-refractivity contribution in [2.45, 2.75) is 12.8 Å². The van der Waals surface area contributed by atoms with Crippen LogP contribution in [0.2, 0.25) is 10.0 Å². The number of benzene rings is 1. The van der Waals surface area contributed by atoms with Gasteiger partial charge in [0, 0.05) is 28.6 Å². The Morgan fingerprint density at radius 3 is 2.65 bits per heavy atom. The molecule has 1 amide bonds. The van der Waals surface area contributed by atoms with Crippen LogP contribution in [0.1, 0.15) is 18.4 Å². The average Bonchev–Trinajstić information content (AvgIpc) is 2.78. The van der Waals surface area contributed by atoms with Gasteiger partial charge in [-0.25, -0.2) is 0 Å². The number of ether oxygens (including phenoxy) is 1. The molecule has 4 nitrogen and oxygen atoms in total. The molecule has 8 heteroatoms. The molecule has 0 unspecified atom stereocenters. The molecule has 0 aromatic heterocycles. The summed E-state index contributed by atoms with van der Waals surface area (Å²) in [6.45, 7) is 0.368. The van der Waals surface area contributed by atoms with Gasteiger partial charge in [-0.2, -0.15) is 0 Å². The van der Waals surface area contributed by atoms with Crippen molar-refractivity contribution < 1.29 is 14.3 Å². The number of carbonyl (C=O) groups excluding carboxylic acids is 2. The van der Waals surface area contributed by atoms with Crippen LogP contribution in [0.3, 0.4) is 0 Å². The van der Waals surface area contributed by atoms with E-state index in [1.807, 2.05) is 0 Å². The first-order chi connectivity index (χ1) is 10.9. The summed E-state index contributed by atoms with van der Waals surface area (Å²) in [5.41, 5.74) is 0.589. The highest BCUT2D eigenvalue weighted by molar-refractivity contribution is 8.26. The third-order valence-corrected chi connectivity index (χ3v) is 5.18. The Morgan fingerprint density at radius 1 is 1.39 bits per heavy atom. The van der Waals surface area contributed by atoms with Crippen LogP contribution in [0.25, 0.3) is 6.08 Å². The van der Waals surface area contributed by atoms with E-state index in [4.69, 9.17) is 35.4 Å². The quantitative estimate of drug-likeness (QED) is 0.430. The smallest absolute Gasteiger partial charge is 0.305 e. The Bertz CT molecular complexity index is 671. The zero-order valence-corrected chi connectivity index (χ0v) is 15.3. The highest BCUT2D eigenvalue weighted by Gasteiger charge is 2.32. The van der Waals surface area contributed by atoms with Gasteiger partial charge in [-0.05, 0) is 24.6 Å². The van der Waals surface area contributed by atoms with E-state index < -0.39 is 0 Å². The fourth-order valence-corrected chi connectivity index (χ4v) is 3.75. The van der Waals surface area contributed by atoms with Gasteiger partial charge in [0.05, 0.1) is 12.0 Å². The maximum Gasteiger partial charge on any atom is 0.305 e. The second-order valence-electron chi connectivity index (χ2n) is 4.65. The lowest BCUT2D eigenvalue weighted by Gasteiger charge is -2.13. The van der Waals surface area contributed by atoms with Crippen molar-refractivity contribution in [1.82, 2.24) is 4.90 Å². The zero-order chi connectivity index (χ0) is 17.0. The monoisotopic (exact) mass is 389 g/mol. The molecule has 0 aliphatic carbocycles. The van der Waals surface area contributed by atoms with Crippen LogP contribution < -0.4 is 0 Å². The fourth-order valence-electron chi connectivity index (χ4n) is 1.96. The third-order valence-electron chi connectivity index (χ3n) is 3.14.